The number of aromatic nitrogens is 1. The summed E-state index contributed by atoms with van der Waals surface area (Å²) in [5.74, 6) is 0. The summed E-state index contributed by atoms with van der Waals surface area (Å²) in [5, 5.41) is 1.17. The molecule has 0 spiro atoms. The molecule has 17 heavy (non-hydrogen) atoms. The van der Waals surface area contributed by atoms with Gasteiger partial charge in [0.1, 0.15) is 0 Å². The van der Waals surface area contributed by atoms with Gasteiger partial charge in [0.25, 0.3) is 5.56 Å². The van der Waals surface area contributed by atoms with Crippen molar-refractivity contribution in [3.8, 4) is 11.1 Å². The maximum absolute atomic E-state index is 11.2. The van der Waals surface area contributed by atoms with Crippen molar-refractivity contribution in [1.82, 2.24) is 4.98 Å². The molecule has 0 amide bonds. The quantitative estimate of drug-likeness (QED) is 0.788. The van der Waals surface area contributed by atoms with E-state index in [1.54, 1.807) is 12.1 Å². The summed E-state index contributed by atoms with van der Waals surface area (Å²) in [5.41, 5.74) is 6.56. The number of aromatic amines is 1. The molecule has 0 fully saturated rings. The average molecular weight is 290 g/mol. The van der Waals surface area contributed by atoms with Gasteiger partial charge in [-0.1, -0.05) is 34.8 Å². The van der Waals surface area contributed by atoms with Gasteiger partial charge < -0.3 is 10.7 Å². The second kappa shape index (κ2) is 4.61. The van der Waals surface area contributed by atoms with Crippen molar-refractivity contribution in [3.05, 3.63) is 49.8 Å². The molecule has 0 unspecified atom stereocenters. The van der Waals surface area contributed by atoms with Crippen molar-refractivity contribution in [3.63, 3.8) is 0 Å². The van der Waals surface area contributed by atoms with E-state index in [1.165, 1.54) is 12.3 Å². The van der Waals surface area contributed by atoms with Crippen LogP contribution in [0.25, 0.3) is 11.1 Å². The average Bonchev–Trinajstić information content (AvgIpc) is 2.27. The summed E-state index contributed by atoms with van der Waals surface area (Å²) >= 11 is 17.9. The summed E-state index contributed by atoms with van der Waals surface area (Å²) in [6.45, 7) is 0. The Morgan fingerprint density at radius 2 is 1.82 bits per heavy atom. The Kier molecular flexibility index (Phi) is 3.33. The van der Waals surface area contributed by atoms with Crippen LogP contribution in [0.15, 0.2) is 29.2 Å². The van der Waals surface area contributed by atoms with Gasteiger partial charge in [0.05, 0.1) is 15.7 Å². The lowest BCUT2D eigenvalue weighted by Crippen LogP contribution is -2.10. The van der Waals surface area contributed by atoms with Gasteiger partial charge in [0.15, 0.2) is 0 Å². The number of nitrogen functional groups attached to an aromatic ring is 1. The second-order valence-electron chi connectivity index (χ2n) is 3.42. The third kappa shape index (κ3) is 2.41. The highest BCUT2D eigenvalue weighted by atomic mass is 35.5. The van der Waals surface area contributed by atoms with E-state index >= 15 is 0 Å². The Balaban J connectivity index is 2.68. The van der Waals surface area contributed by atoms with E-state index in [2.05, 4.69) is 4.98 Å². The van der Waals surface area contributed by atoms with Crippen LogP contribution in [0.2, 0.25) is 15.1 Å². The zero-order valence-electron chi connectivity index (χ0n) is 8.43. The zero-order chi connectivity index (χ0) is 12.6. The number of nitrogens with one attached hydrogen (secondary N) is 1. The number of halogens is 3. The predicted molar refractivity (Wildman–Crippen MR) is 71.9 cm³/mol. The van der Waals surface area contributed by atoms with E-state index in [0.29, 0.717) is 26.2 Å². The second-order valence-corrected chi connectivity index (χ2v) is 4.64. The van der Waals surface area contributed by atoms with Crippen LogP contribution < -0.4 is 11.3 Å². The third-order valence-electron chi connectivity index (χ3n) is 2.24. The van der Waals surface area contributed by atoms with Crippen LogP contribution in [0, 0.1) is 0 Å². The SMILES string of the molecule is Nc1cc(-c2cc(Cl)cc(Cl)c2Cl)c[nH]c1=O. The molecule has 0 aliphatic carbocycles. The molecule has 2 aromatic rings. The minimum absolute atomic E-state index is 0.106. The van der Waals surface area contributed by atoms with E-state index in [9.17, 15) is 4.79 Å². The third-order valence-corrected chi connectivity index (χ3v) is 3.26. The number of H-pyrrole nitrogens is 1. The first-order valence-electron chi connectivity index (χ1n) is 4.62. The first-order chi connectivity index (χ1) is 7.99. The maximum Gasteiger partial charge on any atom is 0.271 e. The Hall–Kier alpha value is -1.16. The highest BCUT2D eigenvalue weighted by molar-refractivity contribution is 6.45. The monoisotopic (exact) mass is 288 g/mol. The predicted octanol–water partition coefficient (Wildman–Crippen LogP) is 3.58. The van der Waals surface area contributed by atoms with Gasteiger partial charge in [-0.2, -0.15) is 0 Å². The molecule has 3 N–H and O–H groups in total. The summed E-state index contributed by atoms with van der Waals surface area (Å²) in [6, 6.07) is 4.72. The maximum atomic E-state index is 11.2. The fourth-order valence-electron chi connectivity index (χ4n) is 1.42. The molecule has 1 aromatic heterocycles. The van der Waals surface area contributed by atoms with Gasteiger partial charge in [0, 0.05) is 22.3 Å². The van der Waals surface area contributed by atoms with Crippen LogP contribution in [0.1, 0.15) is 0 Å². The van der Waals surface area contributed by atoms with Crippen molar-refractivity contribution in [2.75, 3.05) is 5.73 Å². The number of hydrogen-bond donors (Lipinski definition) is 2. The molecule has 3 nitrogen and oxygen atoms in total. The number of pyridine rings is 1. The van der Waals surface area contributed by atoms with Crippen molar-refractivity contribution < 1.29 is 0 Å². The Morgan fingerprint density at radius 1 is 1.12 bits per heavy atom. The molecule has 0 saturated heterocycles. The minimum Gasteiger partial charge on any atom is -0.394 e. The lowest BCUT2D eigenvalue weighted by atomic mass is 10.1. The van der Waals surface area contributed by atoms with Gasteiger partial charge >= 0.3 is 0 Å². The van der Waals surface area contributed by atoms with Crippen molar-refractivity contribution >= 4 is 40.5 Å². The van der Waals surface area contributed by atoms with E-state index in [-0.39, 0.29) is 11.2 Å². The zero-order valence-corrected chi connectivity index (χ0v) is 10.7. The minimum atomic E-state index is -0.349. The summed E-state index contributed by atoms with van der Waals surface area (Å²) in [6.07, 6.45) is 1.51. The lowest BCUT2D eigenvalue weighted by molar-refractivity contribution is 1.25. The lowest BCUT2D eigenvalue weighted by Gasteiger charge is -2.07. The van der Waals surface area contributed by atoms with Crippen molar-refractivity contribution in [2.24, 2.45) is 0 Å². The van der Waals surface area contributed by atoms with Crippen LogP contribution in [-0.4, -0.2) is 4.98 Å². The van der Waals surface area contributed by atoms with Gasteiger partial charge in [-0.15, -0.1) is 0 Å². The molecule has 1 heterocycles. The summed E-state index contributed by atoms with van der Waals surface area (Å²) in [7, 11) is 0. The largest absolute Gasteiger partial charge is 0.394 e. The Morgan fingerprint density at radius 3 is 2.47 bits per heavy atom. The summed E-state index contributed by atoms with van der Waals surface area (Å²) in [4.78, 5) is 13.7. The van der Waals surface area contributed by atoms with Crippen molar-refractivity contribution in [2.45, 2.75) is 0 Å². The Labute approximate surface area is 112 Å². The van der Waals surface area contributed by atoms with Crippen LogP contribution >= 0.6 is 34.8 Å². The standard InChI is InChI=1S/C11H7Cl3N2O/c12-6-2-7(10(14)8(13)3-6)5-1-9(15)11(17)16-4-5/h1-4H,15H2,(H,16,17). The van der Waals surface area contributed by atoms with Crippen LogP contribution in [0.4, 0.5) is 5.69 Å². The fraction of sp³-hybridized carbons (Fsp3) is 0. The smallest absolute Gasteiger partial charge is 0.271 e. The molecule has 0 aliphatic heterocycles. The molecule has 0 aliphatic rings. The fourth-order valence-corrected chi connectivity index (χ4v) is 2.13. The van der Waals surface area contributed by atoms with Crippen LogP contribution in [0.5, 0.6) is 0 Å². The normalized spacial score (nSPS) is 10.5. The highest BCUT2D eigenvalue weighted by Crippen LogP contribution is 2.36. The molecule has 0 radical (unpaired) electrons. The number of anilines is 1. The van der Waals surface area contributed by atoms with E-state index in [0.717, 1.165) is 0 Å². The molecule has 2 rings (SSSR count). The number of nitrogens with two attached hydrogens (primary N) is 1. The van der Waals surface area contributed by atoms with Gasteiger partial charge in [-0.3, -0.25) is 4.79 Å². The molecular formula is C11H7Cl3N2O. The van der Waals surface area contributed by atoms with Gasteiger partial charge in [-0.25, -0.2) is 0 Å². The number of hydrogen-bond acceptors (Lipinski definition) is 2. The molecule has 0 saturated carbocycles. The Bertz CT molecular complexity index is 637. The van der Waals surface area contributed by atoms with E-state index < -0.39 is 0 Å². The molecule has 0 bridgehead atoms. The first-order valence-corrected chi connectivity index (χ1v) is 5.75. The molecular weight excluding hydrogens is 282 g/mol. The number of benzene rings is 1. The van der Waals surface area contributed by atoms with Gasteiger partial charge in [0.2, 0.25) is 0 Å². The molecule has 6 heteroatoms. The van der Waals surface area contributed by atoms with Crippen molar-refractivity contribution in [1.29, 1.82) is 0 Å². The van der Waals surface area contributed by atoms with Gasteiger partial charge in [-0.05, 0) is 18.2 Å². The molecule has 88 valence electrons. The number of rotatable bonds is 1. The topological polar surface area (TPSA) is 58.9 Å². The molecule has 0 atom stereocenters. The first kappa shape index (κ1) is 12.3. The summed E-state index contributed by atoms with van der Waals surface area (Å²) < 4.78 is 0. The van der Waals surface area contributed by atoms with Crippen LogP contribution in [0.3, 0.4) is 0 Å². The highest BCUT2D eigenvalue weighted by Gasteiger charge is 2.10. The van der Waals surface area contributed by atoms with E-state index in [1.807, 2.05) is 0 Å². The molecule has 1 aromatic carbocycles. The van der Waals surface area contributed by atoms with Crippen LogP contribution in [-0.2, 0) is 0 Å². The van der Waals surface area contributed by atoms with E-state index in [4.69, 9.17) is 40.5 Å².